The van der Waals surface area contributed by atoms with Gasteiger partial charge in [0.2, 0.25) is 0 Å². The minimum atomic E-state index is 0. The Morgan fingerprint density at radius 2 is 0.737 bits per heavy atom. The van der Waals surface area contributed by atoms with Crippen molar-refractivity contribution < 1.29 is 19.5 Å². The molecular formula is C16H34S2Zn. The Hall–Kier alpha value is 1.32. The molecule has 0 N–H and O–H groups in total. The zero-order chi connectivity index (χ0) is 13.9. The Labute approximate surface area is 146 Å². The molecule has 0 atom stereocenters. The molecule has 0 aromatic rings. The number of rotatable bonds is 12. The monoisotopic (exact) mass is 354 g/mol. The van der Waals surface area contributed by atoms with E-state index in [9.17, 15) is 0 Å². The molecule has 0 aromatic heterocycles. The van der Waals surface area contributed by atoms with Crippen LogP contribution in [0.2, 0.25) is 0 Å². The third-order valence-electron chi connectivity index (χ3n) is 3.00. The number of unbranched alkanes of at least 4 members (excludes halogenated alkanes) is 10. The molecule has 0 fully saturated rings. The summed E-state index contributed by atoms with van der Waals surface area (Å²) in [7, 11) is 0. The van der Waals surface area contributed by atoms with Crippen molar-refractivity contribution in [2.45, 2.75) is 90.9 Å². The Morgan fingerprint density at radius 3 is 1.00 bits per heavy atom. The average molecular weight is 356 g/mol. The molecule has 0 nitrogen and oxygen atoms in total. The molecule has 0 aliphatic heterocycles. The molecule has 3 heteroatoms. The topological polar surface area (TPSA) is 0 Å². The summed E-state index contributed by atoms with van der Waals surface area (Å²) in [6, 6.07) is 0. The summed E-state index contributed by atoms with van der Waals surface area (Å²) in [5.74, 6) is 1.90. The first kappa shape index (κ1) is 25.3. The third kappa shape index (κ3) is 32.7. The fraction of sp³-hybridized carbons (Fsp3) is 1.00. The van der Waals surface area contributed by atoms with Crippen LogP contribution < -0.4 is 0 Å². The maximum atomic E-state index is 4.83. The van der Waals surface area contributed by atoms with Crippen molar-refractivity contribution in [1.29, 1.82) is 0 Å². The first-order valence-corrected chi connectivity index (χ1v) is 9.15. The molecule has 0 saturated heterocycles. The maximum absolute atomic E-state index is 4.83. The van der Waals surface area contributed by atoms with E-state index in [1.165, 1.54) is 77.0 Å². The molecule has 0 radical (unpaired) electrons. The molecule has 0 heterocycles. The van der Waals surface area contributed by atoms with Crippen molar-refractivity contribution in [3.8, 4) is 0 Å². The predicted octanol–water partition coefficient (Wildman–Crippen LogP) is 5.79. The summed E-state index contributed by atoms with van der Waals surface area (Å²) in [4.78, 5) is 0. The van der Waals surface area contributed by atoms with Crippen molar-refractivity contribution in [2.24, 2.45) is 0 Å². The van der Waals surface area contributed by atoms with E-state index >= 15 is 0 Å². The second kappa shape index (κ2) is 27.6. The van der Waals surface area contributed by atoms with E-state index in [4.69, 9.17) is 25.3 Å². The minimum absolute atomic E-state index is 0. The molecule has 112 valence electrons. The van der Waals surface area contributed by atoms with Crippen molar-refractivity contribution in [3.63, 3.8) is 0 Å². The zero-order valence-corrected chi connectivity index (χ0v) is 18.0. The Balaban J connectivity index is -0.000000256. The molecule has 0 aliphatic rings. The minimum Gasteiger partial charge on any atom is -0.793 e. The van der Waals surface area contributed by atoms with Gasteiger partial charge in [-0.15, -0.1) is 0 Å². The summed E-state index contributed by atoms with van der Waals surface area (Å²) in [5, 5.41) is 0. The average Bonchev–Trinajstić information content (AvgIpc) is 2.39. The zero-order valence-electron chi connectivity index (χ0n) is 13.4. The van der Waals surface area contributed by atoms with Gasteiger partial charge in [0.05, 0.1) is 0 Å². The molecule has 19 heavy (non-hydrogen) atoms. The quantitative estimate of drug-likeness (QED) is 0.247. The van der Waals surface area contributed by atoms with E-state index in [0.717, 1.165) is 11.5 Å². The first-order valence-electron chi connectivity index (χ1n) is 7.99. The van der Waals surface area contributed by atoms with E-state index in [0.29, 0.717) is 0 Å². The van der Waals surface area contributed by atoms with Gasteiger partial charge in [0.1, 0.15) is 0 Å². The largest absolute Gasteiger partial charge is 2.00 e. The molecule has 0 aliphatic carbocycles. The Morgan fingerprint density at radius 1 is 0.474 bits per heavy atom. The van der Waals surface area contributed by atoms with Crippen molar-refractivity contribution in [1.82, 2.24) is 0 Å². The second-order valence-corrected chi connectivity index (χ2v) is 5.76. The summed E-state index contributed by atoms with van der Waals surface area (Å²) in [6.45, 7) is 4.49. The first-order chi connectivity index (χ1) is 8.83. The van der Waals surface area contributed by atoms with Crippen LogP contribution in [0.5, 0.6) is 0 Å². The summed E-state index contributed by atoms with van der Waals surface area (Å²) in [6.07, 6.45) is 16.3. The standard InChI is InChI=1S/2C8H18S.Zn/c2*1-2-3-4-5-6-7-8-9;/h2*9H,2-8H2,1H3;/q;;+2/p-2. The third-order valence-corrected chi connectivity index (χ3v) is 3.57. The van der Waals surface area contributed by atoms with Crippen LogP contribution in [0.1, 0.15) is 90.9 Å². The van der Waals surface area contributed by atoms with Crippen molar-refractivity contribution >= 4 is 25.3 Å². The van der Waals surface area contributed by atoms with E-state index < -0.39 is 0 Å². The SMILES string of the molecule is CCCCCCCC[S-].CCCCCCCC[S-].[Zn+2]. The van der Waals surface area contributed by atoms with Gasteiger partial charge >= 0.3 is 19.5 Å². The van der Waals surface area contributed by atoms with Crippen LogP contribution in [0, 0.1) is 0 Å². The summed E-state index contributed by atoms with van der Waals surface area (Å²) in [5.41, 5.74) is 0. The van der Waals surface area contributed by atoms with Crippen LogP contribution in [-0.2, 0) is 44.7 Å². The van der Waals surface area contributed by atoms with Gasteiger partial charge in [-0.05, 0) is 0 Å². The van der Waals surface area contributed by atoms with Gasteiger partial charge < -0.3 is 25.3 Å². The van der Waals surface area contributed by atoms with Crippen LogP contribution in [0.15, 0.2) is 0 Å². The van der Waals surface area contributed by atoms with Crippen LogP contribution in [0.25, 0.3) is 0 Å². The van der Waals surface area contributed by atoms with Gasteiger partial charge in [-0.25, -0.2) is 0 Å². The van der Waals surface area contributed by atoms with Gasteiger partial charge in [-0.3, -0.25) is 0 Å². The van der Waals surface area contributed by atoms with Gasteiger partial charge in [-0.1, -0.05) is 90.9 Å². The molecule has 0 amide bonds. The second-order valence-electron chi connectivity index (χ2n) is 4.94. The van der Waals surface area contributed by atoms with Crippen molar-refractivity contribution in [3.05, 3.63) is 0 Å². The summed E-state index contributed by atoms with van der Waals surface area (Å²) < 4.78 is 0. The van der Waals surface area contributed by atoms with Crippen LogP contribution in [-0.4, -0.2) is 11.5 Å². The normalized spacial score (nSPS) is 9.47. The fourth-order valence-electron chi connectivity index (χ4n) is 1.76. The molecule has 0 bridgehead atoms. The summed E-state index contributed by atoms with van der Waals surface area (Å²) >= 11 is 9.66. The van der Waals surface area contributed by atoms with E-state index in [1.807, 2.05) is 0 Å². The van der Waals surface area contributed by atoms with E-state index in [-0.39, 0.29) is 19.5 Å². The molecular weight excluding hydrogens is 322 g/mol. The molecule has 0 saturated carbocycles. The maximum Gasteiger partial charge on any atom is 2.00 e. The van der Waals surface area contributed by atoms with Gasteiger partial charge in [0.15, 0.2) is 0 Å². The van der Waals surface area contributed by atoms with Gasteiger partial charge in [-0.2, -0.15) is 11.5 Å². The van der Waals surface area contributed by atoms with Crippen LogP contribution in [0.3, 0.4) is 0 Å². The molecule has 0 spiro atoms. The predicted molar refractivity (Wildman–Crippen MR) is 91.2 cm³/mol. The van der Waals surface area contributed by atoms with Crippen LogP contribution >= 0.6 is 0 Å². The number of hydrogen-bond donors (Lipinski definition) is 0. The smallest absolute Gasteiger partial charge is 0.793 e. The van der Waals surface area contributed by atoms with Gasteiger partial charge in [0, 0.05) is 0 Å². The van der Waals surface area contributed by atoms with Crippen LogP contribution in [0.4, 0.5) is 0 Å². The van der Waals surface area contributed by atoms with Gasteiger partial charge in [0.25, 0.3) is 0 Å². The van der Waals surface area contributed by atoms with E-state index in [1.54, 1.807) is 0 Å². The fourth-order valence-corrected chi connectivity index (χ4v) is 2.17. The Kier molecular flexibility index (Phi) is 36.8. The molecule has 0 unspecified atom stereocenters. The molecule has 0 aromatic carbocycles. The van der Waals surface area contributed by atoms with Crippen molar-refractivity contribution in [2.75, 3.05) is 11.5 Å². The number of hydrogen-bond acceptors (Lipinski definition) is 2. The molecule has 0 rings (SSSR count). The van der Waals surface area contributed by atoms with E-state index in [2.05, 4.69) is 13.8 Å². The Bertz CT molecular complexity index is 95.3.